The molecule has 0 atom stereocenters. The Kier molecular flexibility index (Phi) is 6.24. The first-order chi connectivity index (χ1) is 13.0. The minimum Gasteiger partial charge on any atom is -0.378 e. The van der Waals surface area contributed by atoms with Gasteiger partial charge in [-0.3, -0.25) is 14.3 Å². The Morgan fingerprint density at radius 2 is 2.00 bits per heavy atom. The standard InChI is InChI=1S/C20H26N4O3/c1-15-18(14-23(2)22-15)17-5-3-4-16(12-17)13-21-19(25)6-7-20(26)24-8-10-27-11-9-24/h3-5,12,14H,6-11,13H2,1-2H3,(H,21,25). The molecule has 0 spiro atoms. The molecule has 0 aliphatic carbocycles. The van der Waals surface area contributed by atoms with E-state index < -0.39 is 0 Å². The number of nitrogens with zero attached hydrogens (tertiary/aromatic N) is 3. The second-order valence-corrected chi connectivity index (χ2v) is 6.77. The van der Waals surface area contributed by atoms with E-state index in [-0.39, 0.29) is 24.7 Å². The first kappa shape index (κ1) is 19.1. The van der Waals surface area contributed by atoms with E-state index in [0.717, 1.165) is 22.4 Å². The molecule has 2 aromatic rings. The molecular formula is C20H26N4O3. The fourth-order valence-electron chi connectivity index (χ4n) is 3.21. The van der Waals surface area contributed by atoms with E-state index >= 15 is 0 Å². The first-order valence-electron chi connectivity index (χ1n) is 9.24. The number of rotatable bonds is 6. The maximum atomic E-state index is 12.1. The number of morpholine rings is 1. The minimum absolute atomic E-state index is 0.0162. The van der Waals surface area contributed by atoms with Gasteiger partial charge in [-0.25, -0.2) is 0 Å². The topological polar surface area (TPSA) is 76.5 Å². The van der Waals surface area contributed by atoms with Crippen molar-refractivity contribution in [3.05, 3.63) is 41.7 Å². The van der Waals surface area contributed by atoms with E-state index in [1.165, 1.54) is 0 Å². The Morgan fingerprint density at radius 3 is 2.70 bits per heavy atom. The lowest BCUT2D eigenvalue weighted by atomic mass is 10.0. The highest BCUT2D eigenvalue weighted by Crippen LogP contribution is 2.23. The van der Waals surface area contributed by atoms with Crippen molar-refractivity contribution in [3.8, 4) is 11.1 Å². The lowest BCUT2D eigenvalue weighted by molar-refractivity contribution is -0.137. The van der Waals surface area contributed by atoms with Crippen LogP contribution < -0.4 is 5.32 Å². The molecule has 3 rings (SSSR count). The van der Waals surface area contributed by atoms with Crippen molar-refractivity contribution >= 4 is 11.8 Å². The lowest BCUT2D eigenvalue weighted by Crippen LogP contribution is -2.41. The predicted molar refractivity (Wildman–Crippen MR) is 102 cm³/mol. The third-order valence-electron chi connectivity index (χ3n) is 4.67. The number of nitrogens with one attached hydrogen (secondary N) is 1. The van der Waals surface area contributed by atoms with Crippen LogP contribution in [0.1, 0.15) is 24.1 Å². The summed E-state index contributed by atoms with van der Waals surface area (Å²) in [5.74, 6) is -0.0953. The van der Waals surface area contributed by atoms with E-state index in [1.54, 1.807) is 9.58 Å². The van der Waals surface area contributed by atoms with Crippen LogP contribution in [0.25, 0.3) is 11.1 Å². The Labute approximate surface area is 159 Å². The molecule has 0 unspecified atom stereocenters. The van der Waals surface area contributed by atoms with Crippen LogP contribution in [0.2, 0.25) is 0 Å². The maximum Gasteiger partial charge on any atom is 0.223 e. The minimum atomic E-state index is -0.112. The van der Waals surface area contributed by atoms with E-state index in [0.29, 0.717) is 32.8 Å². The zero-order valence-corrected chi connectivity index (χ0v) is 15.9. The Morgan fingerprint density at radius 1 is 1.22 bits per heavy atom. The molecule has 1 aromatic carbocycles. The molecule has 2 heterocycles. The van der Waals surface area contributed by atoms with Gasteiger partial charge in [0.05, 0.1) is 18.9 Å². The number of benzene rings is 1. The third-order valence-corrected chi connectivity index (χ3v) is 4.67. The highest BCUT2D eigenvalue weighted by atomic mass is 16.5. The van der Waals surface area contributed by atoms with Crippen molar-refractivity contribution in [2.75, 3.05) is 26.3 Å². The second-order valence-electron chi connectivity index (χ2n) is 6.77. The predicted octanol–water partition coefficient (Wildman–Crippen LogP) is 1.65. The van der Waals surface area contributed by atoms with Crippen LogP contribution in [-0.4, -0.2) is 52.8 Å². The number of aromatic nitrogens is 2. The van der Waals surface area contributed by atoms with Gasteiger partial charge in [0.25, 0.3) is 0 Å². The van der Waals surface area contributed by atoms with Crippen molar-refractivity contribution < 1.29 is 14.3 Å². The van der Waals surface area contributed by atoms with Gasteiger partial charge in [-0.15, -0.1) is 0 Å². The summed E-state index contributed by atoms with van der Waals surface area (Å²) in [6, 6.07) is 8.05. The zero-order chi connectivity index (χ0) is 19.2. The van der Waals surface area contributed by atoms with Crippen molar-refractivity contribution in [2.24, 2.45) is 7.05 Å². The van der Waals surface area contributed by atoms with Crippen molar-refractivity contribution in [1.29, 1.82) is 0 Å². The monoisotopic (exact) mass is 370 g/mol. The summed E-state index contributed by atoms with van der Waals surface area (Å²) < 4.78 is 7.03. The highest BCUT2D eigenvalue weighted by Gasteiger charge is 2.17. The molecule has 1 aliphatic heterocycles. The average Bonchev–Trinajstić information content (AvgIpc) is 3.03. The fourth-order valence-corrected chi connectivity index (χ4v) is 3.21. The first-order valence-corrected chi connectivity index (χ1v) is 9.24. The average molecular weight is 370 g/mol. The number of carbonyl (C=O) groups is 2. The van der Waals surface area contributed by atoms with Crippen LogP contribution in [0, 0.1) is 6.92 Å². The van der Waals surface area contributed by atoms with Crippen LogP contribution in [0.3, 0.4) is 0 Å². The van der Waals surface area contributed by atoms with Crippen LogP contribution in [0.5, 0.6) is 0 Å². The van der Waals surface area contributed by atoms with Gasteiger partial charge in [-0.2, -0.15) is 5.10 Å². The Hall–Kier alpha value is -2.67. The quantitative estimate of drug-likeness (QED) is 0.839. The maximum absolute atomic E-state index is 12.1. The third kappa shape index (κ3) is 5.17. The number of aryl methyl sites for hydroxylation is 2. The Bertz CT molecular complexity index is 809. The number of amides is 2. The van der Waals surface area contributed by atoms with E-state index in [2.05, 4.69) is 16.5 Å². The molecule has 7 nitrogen and oxygen atoms in total. The fraction of sp³-hybridized carbons (Fsp3) is 0.450. The molecule has 1 saturated heterocycles. The normalized spacial score (nSPS) is 14.2. The number of hydrogen-bond acceptors (Lipinski definition) is 4. The molecule has 7 heteroatoms. The van der Waals surface area contributed by atoms with Gasteiger partial charge in [-0.05, 0) is 24.1 Å². The van der Waals surface area contributed by atoms with Crippen LogP contribution in [0.4, 0.5) is 0 Å². The van der Waals surface area contributed by atoms with E-state index in [1.807, 2.05) is 38.4 Å². The van der Waals surface area contributed by atoms with E-state index in [9.17, 15) is 9.59 Å². The summed E-state index contributed by atoms with van der Waals surface area (Å²) >= 11 is 0. The molecular weight excluding hydrogens is 344 g/mol. The van der Waals surface area contributed by atoms with Crippen LogP contribution in [0.15, 0.2) is 30.5 Å². The van der Waals surface area contributed by atoms with Gasteiger partial charge >= 0.3 is 0 Å². The van der Waals surface area contributed by atoms with Crippen LogP contribution in [-0.2, 0) is 27.9 Å². The smallest absolute Gasteiger partial charge is 0.223 e. The number of hydrogen-bond donors (Lipinski definition) is 1. The van der Waals surface area contributed by atoms with Gasteiger partial charge in [0.1, 0.15) is 0 Å². The summed E-state index contributed by atoms with van der Waals surface area (Å²) in [6.45, 7) is 4.80. The molecule has 144 valence electrons. The lowest BCUT2D eigenvalue weighted by Gasteiger charge is -2.26. The summed E-state index contributed by atoms with van der Waals surface area (Å²) in [7, 11) is 1.90. The van der Waals surface area contributed by atoms with Crippen LogP contribution >= 0.6 is 0 Å². The van der Waals surface area contributed by atoms with Crippen molar-refractivity contribution in [3.63, 3.8) is 0 Å². The zero-order valence-electron chi connectivity index (χ0n) is 15.9. The molecule has 0 radical (unpaired) electrons. The summed E-state index contributed by atoms with van der Waals surface area (Å²) in [6.07, 6.45) is 2.43. The van der Waals surface area contributed by atoms with Gasteiger partial charge < -0.3 is 15.0 Å². The molecule has 1 N–H and O–H groups in total. The summed E-state index contributed by atoms with van der Waals surface area (Å²) in [5, 5.41) is 7.27. The molecule has 1 fully saturated rings. The van der Waals surface area contributed by atoms with Crippen molar-refractivity contribution in [2.45, 2.75) is 26.3 Å². The van der Waals surface area contributed by atoms with Gasteiger partial charge in [0, 0.05) is 51.3 Å². The number of ether oxygens (including phenoxy) is 1. The molecule has 0 bridgehead atoms. The second kappa shape index (κ2) is 8.81. The van der Waals surface area contributed by atoms with Gasteiger partial charge in [-0.1, -0.05) is 18.2 Å². The van der Waals surface area contributed by atoms with Gasteiger partial charge in [0.15, 0.2) is 0 Å². The largest absolute Gasteiger partial charge is 0.378 e. The Balaban J connectivity index is 1.49. The summed E-state index contributed by atoms with van der Waals surface area (Å²) in [4.78, 5) is 26.0. The molecule has 2 amide bonds. The number of carbonyl (C=O) groups excluding carboxylic acids is 2. The van der Waals surface area contributed by atoms with Crippen molar-refractivity contribution in [1.82, 2.24) is 20.0 Å². The highest BCUT2D eigenvalue weighted by molar-refractivity contribution is 5.83. The van der Waals surface area contributed by atoms with Gasteiger partial charge in [0.2, 0.25) is 11.8 Å². The van der Waals surface area contributed by atoms with E-state index in [4.69, 9.17) is 4.74 Å². The molecule has 1 aromatic heterocycles. The SMILES string of the molecule is Cc1nn(C)cc1-c1cccc(CNC(=O)CCC(=O)N2CCOCC2)c1. The summed E-state index contributed by atoms with van der Waals surface area (Å²) in [5.41, 5.74) is 4.15. The molecule has 27 heavy (non-hydrogen) atoms. The molecule has 1 aliphatic rings. The molecule has 0 saturated carbocycles.